The number of rotatable bonds is 6. The molecule has 4 nitrogen and oxygen atoms in total. The predicted molar refractivity (Wildman–Crippen MR) is 81.8 cm³/mol. The lowest BCUT2D eigenvalue weighted by Gasteiger charge is -2.23. The maximum Gasteiger partial charge on any atom is 0.276 e. The molecule has 2 N–H and O–H groups in total. The number of likely N-dealkylation sites (N-methyl/N-ethyl adjacent to an activating group) is 1. The Morgan fingerprint density at radius 2 is 2.10 bits per heavy atom. The molecule has 112 valence electrons. The van der Waals surface area contributed by atoms with Crippen LogP contribution in [0.2, 0.25) is 5.02 Å². The number of benzene rings is 1. The summed E-state index contributed by atoms with van der Waals surface area (Å²) in [7, 11) is 1.97. The van der Waals surface area contributed by atoms with Crippen LogP contribution in [0.25, 0.3) is 0 Å². The normalized spacial score (nSPS) is 18.4. The van der Waals surface area contributed by atoms with Crippen LogP contribution in [0.4, 0.5) is 0 Å². The van der Waals surface area contributed by atoms with Crippen LogP contribution in [0.1, 0.15) is 25.3 Å². The number of amides is 1. The van der Waals surface area contributed by atoms with Gasteiger partial charge < -0.3 is 10.2 Å². The summed E-state index contributed by atoms with van der Waals surface area (Å²) in [5.74, 6) is 0.237. The van der Waals surface area contributed by atoms with Crippen molar-refractivity contribution in [3.63, 3.8) is 0 Å². The van der Waals surface area contributed by atoms with Crippen LogP contribution in [0.3, 0.4) is 0 Å². The van der Waals surface area contributed by atoms with E-state index in [4.69, 9.17) is 11.6 Å². The molecule has 5 heteroatoms. The van der Waals surface area contributed by atoms with Crippen LogP contribution < -0.4 is 10.2 Å². The van der Waals surface area contributed by atoms with Gasteiger partial charge in [0.25, 0.3) is 5.91 Å². The van der Waals surface area contributed by atoms with Gasteiger partial charge in [-0.2, -0.15) is 5.26 Å². The molecule has 0 bridgehead atoms. The lowest BCUT2D eigenvalue weighted by atomic mass is 9.98. The summed E-state index contributed by atoms with van der Waals surface area (Å²) in [6.07, 6.45) is 2.05. The maximum absolute atomic E-state index is 12.1. The molecule has 2 atom stereocenters. The summed E-state index contributed by atoms with van der Waals surface area (Å²) in [4.78, 5) is 13.2. The fourth-order valence-electron chi connectivity index (χ4n) is 2.50. The molecule has 1 aliphatic rings. The molecule has 0 saturated heterocycles. The van der Waals surface area contributed by atoms with E-state index >= 15 is 0 Å². The first-order chi connectivity index (χ1) is 9.93. The summed E-state index contributed by atoms with van der Waals surface area (Å²) >= 11 is 5.86. The smallest absolute Gasteiger partial charge is 0.276 e. The number of carbonyl (C=O) groups excluding carboxylic acids is 1. The molecule has 0 heterocycles. The Balaban J connectivity index is 1.84. The highest BCUT2D eigenvalue weighted by Gasteiger charge is 2.43. The van der Waals surface area contributed by atoms with Gasteiger partial charge in [0.2, 0.25) is 0 Å². The number of nitrogens with zero attached hydrogens (tertiary/aromatic N) is 1. The highest BCUT2D eigenvalue weighted by molar-refractivity contribution is 6.30. The third kappa shape index (κ3) is 4.45. The average molecular weight is 307 g/mol. The lowest BCUT2D eigenvalue weighted by Crippen LogP contribution is -3.09. The van der Waals surface area contributed by atoms with E-state index in [1.54, 1.807) is 0 Å². The average Bonchev–Trinajstić information content (AvgIpc) is 3.25. The molecular formula is C16H21ClN3O+. The molecule has 1 aromatic rings. The Morgan fingerprint density at radius 1 is 1.48 bits per heavy atom. The molecule has 2 rings (SSSR count). The van der Waals surface area contributed by atoms with E-state index in [9.17, 15) is 10.1 Å². The second-order valence-corrected chi connectivity index (χ2v) is 6.51. The first kappa shape index (κ1) is 15.8. The fraction of sp³-hybridized carbons (Fsp3) is 0.500. The van der Waals surface area contributed by atoms with Gasteiger partial charge in [0.15, 0.2) is 6.54 Å². The highest BCUT2D eigenvalue weighted by Crippen LogP contribution is 2.39. The van der Waals surface area contributed by atoms with Gasteiger partial charge in [-0.05, 0) is 37.8 Å². The van der Waals surface area contributed by atoms with Crippen LogP contribution in [-0.2, 0) is 11.3 Å². The van der Waals surface area contributed by atoms with Crippen LogP contribution >= 0.6 is 11.6 Å². The Hall–Kier alpha value is -1.57. The largest absolute Gasteiger partial charge is 0.333 e. The predicted octanol–water partition coefficient (Wildman–Crippen LogP) is 1.16. The number of nitriles is 1. The molecule has 1 amide bonds. The van der Waals surface area contributed by atoms with Crippen molar-refractivity contribution in [2.24, 2.45) is 5.92 Å². The molecule has 0 aromatic heterocycles. The van der Waals surface area contributed by atoms with Crippen molar-refractivity contribution >= 4 is 17.5 Å². The van der Waals surface area contributed by atoms with E-state index in [2.05, 4.69) is 11.4 Å². The standard InChI is InChI=1S/C16H20ClN3O/c1-16(11-18,13-5-6-13)19-15(21)10-20(2)9-12-3-7-14(17)8-4-12/h3-4,7-8,13H,5-6,9-10H2,1-2H3,(H,19,21)/p+1/t16-/m1/s1. The molecule has 1 fully saturated rings. The van der Waals surface area contributed by atoms with E-state index in [-0.39, 0.29) is 5.91 Å². The second kappa shape index (κ2) is 6.46. The summed E-state index contributed by atoms with van der Waals surface area (Å²) < 4.78 is 0. The topological polar surface area (TPSA) is 57.3 Å². The minimum Gasteiger partial charge on any atom is -0.333 e. The zero-order valence-electron chi connectivity index (χ0n) is 12.4. The van der Waals surface area contributed by atoms with Crippen LogP contribution in [0.5, 0.6) is 0 Å². The molecule has 1 saturated carbocycles. The number of hydrogen-bond acceptors (Lipinski definition) is 2. The quantitative estimate of drug-likeness (QED) is 0.829. The number of carbonyl (C=O) groups is 1. The zero-order chi connectivity index (χ0) is 15.5. The molecule has 0 radical (unpaired) electrons. The Morgan fingerprint density at radius 3 is 2.62 bits per heavy atom. The Labute approximate surface area is 130 Å². The van der Waals surface area contributed by atoms with Crippen LogP contribution in [-0.4, -0.2) is 25.0 Å². The minimum absolute atomic E-state index is 0.0718. The molecule has 0 spiro atoms. The number of quaternary nitrogens is 1. The van der Waals surface area contributed by atoms with E-state index in [1.807, 2.05) is 38.2 Å². The molecular weight excluding hydrogens is 286 g/mol. The number of nitrogens with one attached hydrogen (secondary N) is 2. The third-order valence-corrected chi connectivity index (χ3v) is 4.16. The first-order valence-corrected chi connectivity index (χ1v) is 7.59. The van der Waals surface area contributed by atoms with Crippen molar-refractivity contribution < 1.29 is 9.69 Å². The van der Waals surface area contributed by atoms with Crippen LogP contribution in [0.15, 0.2) is 24.3 Å². The molecule has 1 unspecified atom stereocenters. The monoisotopic (exact) mass is 306 g/mol. The van der Waals surface area contributed by atoms with Gasteiger partial charge in [0.05, 0.1) is 13.1 Å². The van der Waals surface area contributed by atoms with Crippen LogP contribution in [0, 0.1) is 17.2 Å². The molecule has 1 aliphatic carbocycles. The summed E-state index contributed by atoms with van der Waals surface area (Å²) in [5, 5.41) is 12.9. The zero-order valence-corrected chi connectivity index (χ0v) is 13.2. The van der Waals surface area contributed by atoms with Gasteiger partial charge in [-0.25, -0.2) is 0 Å². The van der Waals surface area contributed by atoms with Crippen molar-refractivity contribution in [3.8, 4) is 6.07 Å². The number of hydrogen-bond donors (Lipinski definition) is 2. The van der Waals surface area contributed by atoms with Crippen molar-refractivity contribution in [2.45, 2.75) is 31.8 Å². The molecule has 1 aromatic carbocycles. The van der Waals surface area contributed by atoms with Crippen molar-refractivity contribution in [3.05, 3.63) is 34.9 Å². The number of halogens is 1. The van der Waals surface area contributed by atoms with Gasteiger partial charge in [0, 0.05) is 10.6 Å². The summed E-state index contributed by atoms with van der Waals surface area (Å²) in [6.45, 7) is 2.92. The maximum atomic E-state index is 12.1. The summed E-state index contributed by atoms with van der Waals surface area (Å²) in [6, 6.07) is 9.88. The van der Waals surface area contributed by atoms with E-state index in [1.165, 1.54) is 0 Å². The SMILES string of the molecule is C[NH+](CC(=O)N[C@](C)(C#N)C1CC1)Cc1ccc(Cl)cc1. The summed E-state index contributed by atoms with van der Waals surface area (Å²) in [5.41, 5.74) is 0.424. The minimum atomic E-state index is -0.711. The van der Waals surface area contributed by atoms with Gasteiger partial charge in [-0.1, -0.05) is 23.7 Å². The van der Waals surface area contributed by atoms with Crippen molar-refractivity contribution in [1.82, 2.24) is 5.32 Å². The van der Waals surface area contributed by atoms with E-state index in [0.717, 1.165) is 29.8 Å². The van der Waals surface area contributed by atoms with Gasteiger partial charge in [0.1, 0.15) is 12.1 Å². The third-order valence-electron chi connectivity index (χ3n) is 3.91. The van der Waals surface area contributed by atoms with Crippen molar-refractivity contribution in [2.75, 3.05) is 13.6 Å². The van der Waals surface area contributed by atoms with E-state index < -0.39 is 5.54 Å². The Bertz CT molecular complexity index is 548. The van der Waals surface area contributed by atoms with Crippen molar-refractivity contribution in [1.29, 1.82) is 5.26 Å². The molecule has 21 heavy (non-hydrogen) atoms. The van der Waals surface area contributed by atoms with E-state index in [0.29, 0.717) is 17.5 Å². The highest BCUT2D eigenvalue weighted by atomic mass is 35.5. The second-order valence-electron chi connectivity index (χ2n) is 6.07. The lowest BCUT2D eigenvalue weighted by molar-refractivity contribution is -0.885. The first-order valence-electron chi connectivity index (χ1n) is 7.21. The van der Waals surface area contributed by atoms with Gasteiger partial charge >= 0.3 is 0 Å². The van der Waals surface area contributed by atoms with Gasteiger partial charge in [-0.15, -0.1) is 0 Å². The van der Waals surface area contributed by atoms with Gasteiger partial charge in [-0.3, -0.25) is 4.79 Å². The molecule has 0 aliphatic heterocycles. The fourth-order valence-corrected chi connectivity index (χ4v) is 2.63. The Kier molecular flexibility index (Phi) is 4.87.